The Bertz CT molecular complexity index is 837. The van der Waals surface area contributed by atoms with Gasteiger partial charge in [0.25, 0.3) is 17.4 Å². The van der Waals surface area contributed by atoms with Crippen LogP contribution in [0.3, 0.4) is 0 Å². The van der Waals surface area contributed by atoms with E-state index in [0.29, 0.717) is 23.8 Å². The topological polar surface area (TPSA) is 71.5 Å². The first-order valence-electron chi connectivity index (χ1n) is 8.80. The van der Waals surface area contributed by atoms with E-state index in [1.54, 1.807) is 29.3 Å². The van der Waals surface area contributed by atoms with Gasteiger partial charge in [-0.1, -0.05) is 25.5 Å². The number of amides is 2. The largest absolute Gasteiger partial charge is 0.464 e. The van der Waals surface area contributed by atoms with Crippen molar-refractivity contribution in [3.8, 4) is 5.75 Å². The molecule has 2 aromatic rings. The van der Waals surface area contributed by atoms with Crippen LogP contribution in [-0.2, 0) is 9.59 Å². The number of fused-ring (bicyclic) bond motifs is 1. The van der Waals surface area contributed by atoms with Gasteiger partial charge >= 0.3 is 0 Å². The summed E-state index contributed by atoms with van der Waals surface area (Å²) in [6.45, 7) is 5.99. The zero-order valence-electron chi connectivity index (χ0n) is 15.3. The number of nitrogens with one attached hydrogen (secondary N) is 1. The fourth-order valence-electron chi connectivity index (χ4n) is 2.92. The average Bonchev–Trinajstić information content (AvgIpc) is 2.62. The molecule has 1 aliphatic heterocycles. The smallest absolute Gasteiger partial charge is 0.282 e. The van der Waals surface area contributed by atoms with Crippen LogP contribution in [-0.4, -0.2) is 28.9 Å². The molecule has 0 aliphatic carbocycles. The SMILES string of the molecule is CCCCN1C(=O)[C@](C)(C(=O)Nc2cccc(C)c2)Oc2cccnc21. The molecule has 1 aromatic heterocycles. The highest BCUT2D eigenvalue weighted by Crippen LogP contribution is 2.36. The van der Waals surface area contributed by atoms with E-state index in [2.05, 4.69) is 10.3 Å². The molecule has 26 heavy (non-hydrogen) atoms. The monoisotopic (exact) mass is 353 g/mol. The van der Waals surface area contributed by atoms with E-state index in [9.17, 15) is 9.59 Å². The van der Waals surface area contributed by atoms with Crippen LogP contribution in [0.15, 0.2) is 42.6 Å². The van der Waals surface area contributed by atoms with E-state index < -0.39 is 17.4 Å². The first kappa shape index (κ1) is 17.9. The number of pyridine rings is 1. The van der Waals surface area contributed by atoms with Gasteiger partial charge in [-0.2, -0.15) is 0 Å². The Hall–Kier alpha value is -2.89. The Morgan fingerprint density at radius 2 is 2.12 bits per heavy atom. The van der Waals surface area contributed by atoms with Gasteiger partial charge in [-0.25, -0.2) is 4.98 Å². The number of anilines is 2. The van der Waals surface area contributed by atoms with Gasteiger partial charge in [0.05, 0.1) is 0 Å². The minimum Gasteiger partial charge on any atom is -0.464 e. The zero-order chi connectivity index (χ0) is 18.7. The Morgan fingerprint density at radius 3 is 2.85 bits per heavy atom. The molecule has 0 bridgehead atoms. The van der Waals surface area contributed by atoms with Gasteiger partial charge in [-0.05, 0) is 50.1 Å². The first-order valence-corrected chi connectivity index (χ1v) is 8.80. The molecular formula is C20H23N3O3. The molecule has 0 radical (unpaired) electrons. The molecule has 1 aliphatic rings. The van der Waals surface area contributed by atoms with Gasteiger partial charge in [-0.15, -0.1) is 0 Å². The number of carbonyl (C=O) groups excluding carboxylic acids is 2. The molecule has 0 saturated carbocycles. The van der Waals surface area contributed by atoms with Crippen LogP contribution in [0.2, 0.25) is 0 Å². The molecular weight excluding hydrogens is 330 g/mol. The lowest BCUT2D eigenvalue weighted by atomic mass is 10.0. The van der Waals surface area contributed by atoms with Gasteiger partial charge in [-0.3, -0.25) is 14.5 Å². The number of benzene rings is 1. The number of ether oxygens (including phenoxy) is 1. The highest BCUT2D eigenvalue weighted by atomic mass is 16.5. The molecule has 1 atom stereocenters. The maximum atomic E-state index is 13.1. The summed E-state index contributed by atoms with van der Waals surface area (Å²) >= 11 is 0. The van der Waals surface area contributed by atoms with E-state index in [1.165, 1.54) is 6.92 Å². The van der Waals surface area contributed by atoms with Crippen molar-refractivity contribution < 1.29 is 14.3 Å². The lowest BCUT2D eigenvalue weighted by Crippen LogP contribution is -2.61. The van der Waals surface area contributed by atoms with Crippen molar-refractivity contribution in [1.29, 1.82) is 0 Å². The number of hydrogen-bond donors (Lipinski definition) is 1. The van der Waals surface area contributed by atoms with Crippen LogP contribution in [0, 0.1) is 6.92 Å². The van der Waals surface area contributed by atoms with Crippen LogP contribution in [0.5, 0.6) is 5.75 Å². The molecule has 0 unspecified atom stereocenters. The van der Waals surface area contributed by atoms with Crippen molar-refractivity contribution in [1.82, 2.24) is 4.98 Å². The van der Waals surface area contributed by atoms with E-state index >= 15 is 0 Å². The average molecular weight is 353 g/mol. The van der Waals surface area contributed by atoms with Crippen LogP contribution in [0.25, 0.3) is 0 Å². The maximum Gasteiger partial charge on any atom is 0.282 e. The third-order valence-electron chi connectivity index (χ3n) is 4.42. The predicted octanol–water partition coefficient (Wildman–Crippen LogP) is 3.31. The number of carbonyl (C=O) groups is 2. The molecule has 136 valence electrons. The molecule has 0 saturated heterocycles. The zero-order valence-corrected chi connectivity index (χ0v) is 15.3. The summed E-state index contributed by atoms with van der Waals surface area (Å²) in [5.41, 5.74) is 0.000681. The second-order valence-corrected chi connectivity index (χ2v) is 6.59. The number of nitrogens with zero attached hydrogens (tertiary/aromatic N) is 2. The third-order valence-corrected chi connectivity index (χ3v) is 4.42. The minimum atomic E-state index is -1.65. The highest BCUT2D eigenvalue weighted by molar-refractivity contribution is 6.19. The normalized spacial score (nSPS) is 18.9. The summed E-state index contributed by atoms with van der Waals surface area (Å²) in [7, 11) is 0. The first-order chi connectivity index (χ1) is 12.5. The summed E-state index contributed by atoms with van der Waals surface area (Å²) in [5, 5.41) is 2.80. The van der Waals surface area contributed by atoms with E-state index in [0.717, 1.165) is 18.4 Å². The molecule has 0 spiro atoms. The lowest BCUT2D eigenvalue weighted by Gasteiger charge is -2.38. The number of unbranched alkanes of at least 4 members (excludes halogenated alkanes) is 1. The summed E-state index contributed by atoms with van der Waals surface area (Å²) in [4.78, 5) is 31.9. The fourth-order valence-corrected chi connectivity index (χ4v) is 2.92. The summed E-state index contributed by atoms with van der Waals surface area (Å²) < 4.78 is 5.84. The molecule has 3 rings (SSSR count). The van der Waals surface area contributed by atoms with Crippen LogP contribution in [0.1, 0.15) is 32.3 Å². The van der Waals surface area contributed by atoms with Crippen molar-refractivity contribution in [2.75, 3.05) is 16.8 Å². The van der Waals surface area contributed by atoms with Crippen molar-refractivity contribution in [2.24, 2.45) is 0 Å². The third kappa shape index (κ3) is 3.27. The van der Waals surface area contributed by atoms with E-state index in [-0.39, 0.29) is 0 Å². The summed E-state index contributed by atoms with van der Waals surface area (Å²) in [5.74, 6) is 0.00304. The second kappa shape index (κ2) is 7.15. The Labute approximate surface area is 153 Å². The molecule has 2 heterocycles. The fraction of sp³-hybridized carbons (Fsp3) is 0.350. The number of rotatable bonds is 5. The minimum absolute atomic E-state index is 0.401. The lowest BCUT2D eigenvalue weighted by molar-refractivity contribution is -0.145. The Balaban J connectivity index is 1.92. The quantitative estimate of drug-likeness (QED) is 0.837. The van der Waals surface area contributed by atoms with Gasteiger partial charge in [0.15, 0.2) is 11.6 Å². The molecule has 0 fully saturated rings. The van der Waals surface area contributed by atoms with Gasteiger partial charge < -0.3 is 10.1 Å². The summed E-state index contributed by atoms with van der Waals surface area (Å²) in [6, 6.07) is 10.9. The predicted molar refractivity (Wildman–Crippen MR) is 100 cm³/mol. The van der Waals surface area contributed by atoms with Crippen LogP contribution < -0.4 is 15.0 Å². The maximum absolute atomic E-state index is 13.1. The van der Waals surface area contributed by atoms with Crippen LogP contribution >= 0.6 is 0 Å². The van der Waals surface area contributed by atoms with E-state index in [1.807, 2.05) is 32.0 Å². The molecule has 1 N–H and O–H groups in total. The van der Waals surface area contributed by atoms with E-state index in [4.69, 9.17) is 4.74 Å². The molecule has 2 amide bonds. The standard InChI is InChI=1S/C20H23N3O3/c1-4-5-12-23-17-16(10-7-11-21-17)26-20(3,19(23)25)18(24)22-15-9-6-8-14(2)13-15/h6-11,13H,4-5,12H2,1-3H3,(H,22,24)/t20-/m0/s1. The number of hydrogen-bond acceptors (Lipinski definition) is 4. The Kier molecular flexibility index (Phi) is 4.93. The highest BCUT2D eigenvalue weighted by Gasteiger charge is 2.51. The van der Waals surface area contributed by atoms with Crippen molar-refractivity contribution in [3.05, 3.63) is 48.2 Å². The molecule has 6 heteroatoms. The van der Waals surface area contributed by atoms with Crippen molar-refractivity contribution in [2.45, 2.75) is 39.2 Å². The van der Waals surface area contributed by atoms with Gasteiger partial charge in [0.1, 0.15) is 0 Å². The summed E-state index contributed by atoms with van der Waals surface area (Å²) in [6.07, 6.45) is 3.36. The second-order valence-electron chi connectivity index (χ2n) is 6.59. The molecule has 6 nitrogen and oxygen atoms in total. The van der Waals surface area contributed by atoms with Crippen molar-refractivity contribution in [3.63, 3.8) is 0 Å². The Morgan fingerprint density at radius 1 is 1.31 bits per heavy atom. The number of aryl methyl sites for hydroxylation is 1. The van der Waals surface area contributed by atoms with Gasteiger partial charge in [0, 0.05) is 18.4 Å². The van der Waals surface area contributed by atoms with Crippen LogP contribution in [0.4, 0.5) is 11.5 Å². The molecule has 1 aromatic carbocycles. The number of aromatic nitrogens is 1. The van der Waals surface area contributed by atoms with Crippen molar-refractivity contribution >= 4 is 23.3 Å². The van der Waals surface area contributed by atoms with Gasteiger partial charge in [0.2, 0.25) is 0 Å².